The molecule has 0 heterocycles. The number of ether oxygens (including phenoxy) is 1. The first-order valence-electron chi connectivity index (χ1n) is 4.47. The number of carboxylic acid groups (broad SMARTS) is 1. The number of rotatable bonds is 4. The van der Waals surface area contributed by atoms with Crippen molar-refractivity contribution in [3.05, 3.63) is 28.5 Å². The molecule has 0 aromatic heterocycles. The van der Waals surface area contributed by atoms with Gasteiger partial charge in [-0.25, -0.2) is 4.39 Å². The van der Waals surface area contributed by atoms with Gasteiger partial charge in [0.05, 0.1) is 13.0 Å². The second kappa shape index (κ2) is 5.14. The molecule has 0 spiro atoms. The van der Waals surface area contributed by atoms with Gasteiger partial charge in [-0.05, 0) is 12.1 Å². The topological polar surface area (TPSA) is 72.5 Å². The number of hydrogen-bond acceptors (Lipinski definition) is 3. The van der Waals surface area contributed by atoms with Gasteiger partial charge in [-0.2, -0.15) is 0 Å². The molecule has 1 aromatic rings. The summed E-state index contributed by atoms with van der Waals surface area (Å²) in [5, 5.41) is 8.92. The molecule has 0 radical (unpaired) electrons. The van der Waals surface area contributed by atoms with E-state index < -0.39 is 17.7 Å². The Balaban J connectivity index is 3.35. The molecular weight excluding hydrogens is 237 g/mol. The van der Waals surface area contributed by atoms with Gasteiger partial charge in [-0.15, -0.1) is 0 Å². The summed E-state index contributed by atoms with van der Waals surface area (Å²) < 4.78 is 18.6. The van der Waals surface area contributed by atoms with Gasteiger partial charge in [0, 0.05) is 17.1 Å². The minimum Gasteiger partial charge on any atom is -0.494 e. The van der Waals surface area contributed by atoms with E-state index >= 15 is 0 Å². The van der Waals surface area contributed by atoms with Gasteiger partial charge in [-0.3, -0.25) is 4.79 Å². The maximum absolute atomic E-state index is 13.8. The Morgan fingerprint density at radius 3 is 2.75 bits per heavy atom. The average molecular weight is 248 g/mol. The van der Waals surface area contributed by atoms with Crippen LogP contribution in [0.25, 0.3) is 0 Å². The second-order valence-corrected chi connectivity index (χ2v) is 3.51. The molecule has 1 aromatic carbocycles. The minimum absolute atomic E-state index is 0.0242. The maximum atomic E-state index is 13.8. The Bertz CT molecular complexity index is 411. The zero-order valence-electron chi connectivity index (χ0n) is 8.54. The number of hydrogen-bond donors (Lipinski definition) is 2. The summed E-state index contributed by atoms with van der Waals surface area (Å²) in [5.74, 6) is -3.24. The molecule has 0 fully saturated rings. The van der Waals surface area contributed by atoms with Crippen LogP contribution in [0.2, 0.25) is 5.02 Å². The molecule has 0 saturated heterocycles. The second-order valence-electron chi connectivity index (χ2n) is 3.10. The van der Waals surface area contributed by atoms with Crippen molar-refractivity contribution in [3.8, 4) is 5.75 Å². The van der Waals surface area contributed by atoms with Crippen molar-refractivity contribution in [3.63, 3.8) is 0 Å². The van der Waals surface area contributed by atoms with Crippen LogP contribution in [0.4, 0.5) is 4.39 Å². The summed E-state index contributed by atoms with van der Waals surface area (Å²) in [6, 6.07) is 2.71. The lowest BCUT2D eigenvalue weighted by atomic mass is 9.98. The fraction of sp³-hybridized carbons (Fsp3) is 0.300. The summed E-state index contributed by atoms with van der Waals surface area (Å²) in [6.45, 7) is -0.237. The van der Waals surface area contributed by atoms with E-state index in [4.69, 9.17) is 27.2 Å². The van der Waals surface area contributed by atoms with Gasteiger partial charge in [-0.1, -0.05) is 11.6 Å². The lowest BCUT2D eigenvalue weighted by molar-refractivity contribution is -0.138. The molecule has 0 aliphatic rings. The normalized spacial score (nSPS) is 12.2. The molecular formula is C10H11ClFNO3. The highest BCUT2D eigenvalue weighted by molar-refractivity contribution is 6.31. The number of methoxy groups -OCH3 is 1. The Hall–Kier alpha value is -1.33. The smallest absolute Gasteiger partial charge is 0.312 e. The molecule has 88 valence electrons. The lowest BCUT2D eigenvalue weighted by Gasteiger charge is -2.14. The number of aliphatic carboxylic acids is 1. The van der Waals surface area contributed by atoms with Crippen molar-refractivity contribution in [1.82, 2.24) is 0 Å². The van der Waals surface area contributed by atoms with Gasteiger partial charge in [0.15, 0.2) is 11.6 Å². The van der Waals surface area contributed by atoms with Gasteiger partial charge < -0.3 is 15.6 Å². The SMILES string of the molecule is COc1ccc(Cl)c(C(CN)C(=O)O)c1F. The summed E-state index contributed by atoms with van der Waals surface area (Å²) in [7, 11) is 1.29. The molecule has 0 saturated carbocycles. The molecule has 0 amide bonds. The van der Waals surface area contributed by atoms with E-state index in [-0.39, 0.29) is 22.9 Å². The van der Waals surface area contributed by atoms with Gasteiger partial charge >= 0.3 is 5.97 Å². The molecule has 16 heavy (non-hydrogen) atoms. The number of benzene rings is 1. The third-order valence-corrected chi connectivity index (χ3v) is 2.52. The fourth-order valence-corrected chi connectivity index (χ4v) is 1.65. The van der Waals surface area contributed by atoms with Crippen LogP contribution < -0.4 is 10.5 Å². The van der Waals surface area contributed by atoms with Crippen LogP contribution in [0.5, 0.6) is 5.75 Å². The first-order valence-corrected chi connectivity index (χ1v) is 4.85. The van der Waals surface area contributed by atoms with E-state index in [1.807, 2.05) is 0 Å². The minimum atomic E-state index is -1.23. The molecule has 0 aliphatic heterocycles. The first kappa shape index (κ1) is 12.7. The highest BCUT2D eigenvalue weighted by Crippen LogP contribution is 2.32. The summed E-state index contributed by atoms with van der Waals surface area (Å²) in [5.41, 5.74) is 5.15. The van der Waals surface area contributed by atoms with Crippen LogP contribution in [-0.2, 0) is 4.79 Å². The van der Waals surface area contributed by atoms with Crippen molar-refractivity contribution >= 4 is 17.6 Å². The first-order chi connectivity index (χ1) is 7.52. The van der Waals surface area contributed by atoms with Crippen LogP contribution in [-0.4, -0.2) is 24.7 Å². The highest BCUT2D eigenvalue weighted by atomic mass is 35.5. The molecule has 1 rings (SSSR count). The van der Waals surface area contributed by atoms with E-state index in [0.29, 0.717) is 0 Å². The van der Waals surface area contributed by atoms with Crippen molar-refractivity contribution in [2.24, 2.45) is 5.73 Å². The standard InChI is InChI=1S/C10H11ClFNO3/c1-16-7-3-2-6(11)8(9(7)12)5(4-13)10(14)15/h2-3,5H,4,13H2,1H3,(H,14,15). The van der Waals surface area contributed by atoms with E-state index in [1.165, 1.54) is 19.2 Å². The maximum Gasteiger partial charge on any atom is 0.312 e. The quantitative estimate of drug-likeness (QED) is 0.848. The number of carboxylic acids is 1. The molecule has 0 aliphatic carbocycles. The van der Waals surface area contributed by atoms with E-state index in [1.54, 1.807) is 0 Å². The van der Waals surface area contributed by atoms with Crippen LogP contribution >= 0.6 is 11.6 Å². The third kappa shape index (κ3) is 2.25. The van der Waals surface area contributed by atoms with Crippen molar-refractivity contribution < 1.29 is 19.0 Å². The number of halogens is 2. The van der Waals surface area contributed by atoms with E-state index in [2.05, 4.69) is 0 Å². The summed E-state index contributed by atoms with van der Waals surface area (Å²) >= 11 is 5.76. The van der Waals surface area contributed by atoms with Crippen LogP contribution in [0.1, 0.15) is 11.5 Å². The molecule has 1 unspecified atom stereocenters. The largest absolute Gasteiger partial charge is 0.494 e. The van der Waals surface area contributed by atoms with E-state index in [0.717, 1.165) is 0 Å². The Morgan fingerprint density at radius 2 is 2.31 bits per heavy atom. The monoisotopic (exact) mass is 247 g/mol. The van der Waals surface area contributed by atoms with Gasteiger partial charge in [0.25, 0.3) is 0 Å². The number of carbonyl (C=O) groups is 1. The average Bonchev–Trinajstić information content (AvgIpc) is 2.23. The Kier molecular flexibility index (Phi) is 4.09. The Morgan fingerprint density at radius 1 is 1.69 bits per heavy atom. The molecule has 0 bridgehead atoms. The fourth-order valence-electron chi connectivity index (χ4n) is 1.37. The predicted molar refractivity (Wildman–Crippen MR) is 57.4 cm³/mol. The highest BCUT2D eigenvalue weighted by Gasteiger charge is 2.26. The predicted octanol–water partition coefficient (Wildman–Crippen LogP) is 1.61. The lowest BCUT2D eigenvalue weighted by Crippen LogP contribution is -2.22. The third-order valence-electron chi connectivity index (χ3n) is 2.19. The van der Waals surface area contributed by atoms with Gasteiger partial charge in [0.1, 0.15) is 0 Å². The molecule has 3 N–H and O–H groups in total. The molecule has 6 heteroatoms. The van der Waals surface area contributed by atoms with Crippen LogP contribution in [0, 0.1) is 5.82 Å². The summed E-state index contributed by atoms with van der Waals surface area (Å²) in [4.78, 5) is 10.9. The van der Waals surface area contributed by atoms with Crippen LogP contribution in [0.3, 0.4) is 0 Å². The van der Waals surface area contributed by atoms with E-state index in [9.17, 15) is 9.18 Å². The molecule has 4 nitrogen and oxygen atoms in total. The zero-order valence-corrected chi connectivity index (χ0v) is 9.29. The Labute approximate surface area is 96.8 Å². The van der Waals surface area contributed by atoms with Crippen LogP contribution in [0.15, 0.2) is 12.1 Å². The summed E-state index contributed by atoms with van der Waals surface area (Å²) in [6.07, 6.45) is 0. The van der Waals surface area contributed by atoms with Gasteiger partial charge in [0.2, 0.25) is 0 Å². The zero-order chi connectivity index (χ0) is 12.3. The molecule has 1 atom stereocenters. The van der Waals surface area contributed by atoms with Crippen molar-refractivity contribution in [2.75, 3.05) is 13.7 Å². The van der Waals surface area contributed by atoms with Crippen molar-refractivity contribution in [1.29, 1.82) is 0 Å². The number of nitrogens with two attached hydrogens (primary N) is 1. The van der Waals surface area contributed by atoms with Crippen molar-refractivity contribution in [2.45, 2.75) is 5.92 Å².